The molecular weight excluding hydrogens is 223 g/mol. The van der Waals surface area contributed by atoms with Gasteiger partial charge in [-0.2, -0.15) is 13.2 Å². The van der Waals surface area contributed by atoms with Gasteiger partial charge in [0.05, 0.1) is 0 Å². The highest BCUT2D eigenvalue weighted by Crippen LogP contribution is 2.44. The lowest BCUT2D eigenvalue weighted by Gasteiger charge is -2.11. The van der Waals surface area contributed by atoms with Crippen LogP contribution in [0.2, 0.25) is 0 Å². The van der Waals surface area contributed by atoms with Gasteiger partial charge in [0.25, 0.3) is 0 Å². The summed E-state index contributed by atoms with van der Waals surface area (Å²) in [6.45, 7) is 0. The van der Waals surface area contributed by atoms with Gasteiger partial charge in [0, 0.05) is 10.4 Å². The summed E-state index contributed by atoms with van der Waals surface area (Å²) in [6, 6.07) is 6.39. The predicted molar refractivity (Wildman–Crippen MR) is 53.5 cm³/mol. The number of hydrogen-bond acceptors (Lipinski definition) is 2. The van der Waals surface area contributed by atoms with Crippen molar-refractivity contribution in [3.05, 3.63) is 29.8 Å². The standard InChI is InChI=1S/C10H10F3NS/c11-10(12,13)15-8-3-1-2-7(6-8)9(14)4-5-9/h1-3,6H,4-5,14H2. The van der Waals surface area contributed by atoms with Crippen LogP contribution in [0.1, 0.15) is 18.4 Å². The Labute approximate surface area is 89.8 Å². The quantitative estimate of drug-likeness (QED) is 0.793. The Morgan fingerprint density at radius 1 is 1.27 bits per heavy atom. The Bertz CT molecular complexity index is 371. The van der Waals surface area contributed by atoms with E-state index in [2.05, 4.69) is 0 Å². The zero-order valence-corrected chi connectivity index (χ0v) is 8.66. The molecule has 0 unspecified atom stereocenters. The number of hydrogen-bond donors (Lipinski definition) is 1. The SMILES string of the molecule is NC1(c2cccc(SC(F)(F)F)c2)CC1. The minimum absolute atomic E-state index is 0.0968. The molecule has 1 nitrogen and oxygen atoms in total. The summed E-state index contributed by atoms with van der Waals surface area (Å²) >= 11 is -0.0968. The molecular formula is C10H10F3NS. The van der Waals surface area contributed by atoms with E-state index in [1.165, 1.54) is 12.1 Å². The molecule has 1 aliphatic carbocycles. The molecule has 0 spiro atoms. The molecule has 0 aromatic heterocycles. The van der Waals surface area contributed by atoms with Crippen LogP contribution in [0, 0.1) is 0 Å². The Balaban J connectivity index is 2.20. The fourth-order valence-corrected chi connectivity index (χ4v) is 2.03. The Kier molecular flexibility index (Phi) is 2.47. The van der Waals surface area contributed by atoms with Gasteiger partial charge in [0.2, 0.25) is 0 Å². The molecule has 0 heterocycles. The zero-order valence-electron chi connectivity index (χ0n) is 7.84. The smallest absolute Gasteiger partial charge is 0.321 e. The minimum atomic E-state index is -4.23. The van der Waals surface area contributed by atoms with Crippen LogP contribution >= 0.6 is 11.8 Å². The molecule has 2 N–H and O–H groups in total. The number of alkyl halides is 3. The lowest BCUT2D eigenvalue weighted by molar-refractivity contribution is -0.0328. The Morgan fingerprint density at radius 2 is 1.93 bits per heavy atom. The van der Waals surface area contributed by atoms with Crippen molar-refractivity contribution in [2.75, 3.05) is 0 Å². The molecule has 2 rings (SSSR count). The second kappa shape index (κ2) is 3.42. The fraction of sp³-hybridized carbons (Fsp3) is 0.400. The maximum absolute atomic E-state index is 12.1. The van der Waals surface area contributed by atoms with Crippen LogP contribution in [-0.2, 0) is 5.54 Å². The molecule has 1 aromatic carbocycles. The van der Waals surface area contributed by atoms with E-state index in [4.69, 9.17) is 5.73 Å². The molecule has 82 valence electrons. The van der Waals surface area contributed by atoms with Gasteiger partial charge in [0.15, 0.2) is 0 Å². The number of nitrogens with two attached hydrogens (primary N) is 1. The normalized spacial score (nSPS) is 18.9. The summed E-state index contributed by atoms with van der Waals surface area (Å²) in [4.78, 5) is 0.205. The van der Waals surface area contributed by atoms with Gasteiger partial charge in [-0.3, -0.25) is 0 Å². The van der Waals surface area contributed by atoms with Gasteiger partial charge in [-0.15, -0.1) is 0 Å². The molecule has 1 aromatic rings. The topological polar surface area (TPSA) is 26.0 Å². The highest BCUT2D eigenvalue weighted by molar-refractivity contribution is 8.00. The Hall–Kier alpha value is -0.680. The van der Waals surface area contributed by atoms with Crippen LogP contribution in [0.15, 0.2) is 29.2 Å². The van der Waals surface area contributed by atoms with Gasteiger partial charge in [-0.05, 0) is 42.3 Å². The first-order valence-electron chi connectivity index (χ1n) is 4.54. The third-order valence-electron chi connectivity index (χ3n) is 2.43. The van der Waals surface area contributed by atoms with E-state index in [9.17, 15) is 13.2 Å². The second-order valence-electron chi connectivity index (χ2n) is 3.73. The lowest BCUT2D eigenvalue weighted by atomic mass is 10.1. The molecule has 0 aliphatic heterocycles. The third-order valence-corrected chi connectivity index (χ3v) is 3.15. The number of thioether (sulfide) groups is 1. The first kappa shape index (κ1) is 10.8. The van der Waals surface area contributed by atoms with Gasteiger partial charge >= 0.3 is 5.51 Å². The molecule has 1 fully saturated rings. The first-order chi connectivity index (χ1) is 6.89. The molecule has 0 saturated heterocycles. The minimum Gasteiger partial charge on any atom is -0.321 e. The van der Waals surface area contributed by atoms with Crippen LogP contribution in [-0.4, -0.2) is 5.51 Å². The summed E-state index contributed by atoms with van der Waals surface area (Å²) in [5.41, 5.74) is 2.11. The maximum Gasteiger partial charge on any atom is 0.446 e. The molecule has 5 heteroatoms. The molecule has 0 bridgehead atoms. The summed E-state index contributed by atoms with van der Waals surface area (Å²) in [5, 5.41) is 0. The highest BCUT2D eigenvalue weighted by atomic mass is 32.2. The van der Waals surface area contributed by atoms with Gasteiger partial charge in [0.1, 0.15) is 0 Å². The summed E-state index contributed by atoms with van der Waals surface area (Å²) in [7, 11) is 0. The van der Waals surface area contributed by atoms with Crippen molar-refractivity contribution in [3.63, 3.8) is 0 Å². The van der Waals surface area contributed by atoms with Gasteiger partial charge in [-0.25, -0.2) is 0 Å². The number of rotatable bonds is 2. The number of benzene rings is 1. The zero-order chi connectivity index (χ0) is 11.1. The van der Waals surface area contributed by atoms with Gasteiger partial charge < -0.3 is 5.73 Å². The van der Waals surface area contributed by atoms with Crippen molar-refractivity contribution in [3.8, 4) is 0 Å². The van der Waals surface area contributed by atoms with Crippen LogP contribution in [0.5, 0.6) is 0 Å². The molecule has 1 saturated carbocycles. The van der Waals surface area contributed by atoms with E-state index in [1.807, 2.05) is 0 Å². The number of halogens is 3. The van der Waals surface area contributed by atoms with Crippen LogP contribution in [0.25, 0.3) is 0 Å². The van der Waals surface area contributed by atoms with Crippen molar-refractivity contribution >= 4 is 11.8 Å². The first-order valence-corrected chi connectivity index (χ1v) is 5.36. The average Bonchev–Trinajstić information content (AvgIpc) is 2.82. The summed E-state index contributed by atoms with van der Waals surface area (Å²) in [5.74, 6) is 0. The van der Waals surface area contributed by atoms with Crippen molar-refractivity contribution < 1.29 is 13.2 Å². The van der Waals surface area contributed by atoms with Crippen LogP contribution < -0.4 is 5.73 Å². The van der Waals surface area contributed by atoms with E-state index in [-0.39, 0.29) is 22.2 Å². The predicted octanol–water partition coefficient (Wildman–Crippen LogP) is 3.25. The fourth-order valence-electron chi connectivity index (χ4n) is 1.43. The molecule has 0 radical (unpaired) electrons. The van der Waals surface area contributed by atoms with Crippen molar-refractivity contribution in [2.24, 2.45) is 5.73 Å². The highest BCUT2D eigenvalue weighted by Gasteiger charge is 2.40. The molecule has 1 aliphatic rings. The van der Waals surface area contributed by atoms with Crippen molar-refractivity contribution in [1.82, 2.24) is 0 Å². The molecule has 0 amide bonds. The molecule has 15 heavy (non-hydrogen) atoms. The summed E-state index contributed by atoms with van der Waals surface area (Å²) in [6.07, 6.45) is 1.71. The van der Waals surface area contributed by atoms with Crippen LogP contribution in [0.3, 0.4) is 0 Å². The monoisotopic (exact) mass is 233 g/mol. The van der Waals surface area contributed by atoms with E-state index < -0.39 is 5.51 Å². The van der Waals surface area contributed by atoms with Crippen LogP contribution in [0.4, 0.5) is 13.2 Å². The second-order valence-corrected chi connectivity index (χ2v) is 4.87. The third kappa shape index (κ3) is 2.66. The van der Waals surface area contributed by atoms with E-state index in [0.29, 0.717) is 0 Å². The van der Waals surface area contributed by atoms with E-state index in [1.54, 1.807) is 12.1 Å². The van der Waals surface area contributed by atoms with Gasteiger partial charge in [-0.1, -0.05) is 12.1 Å². The van der Waals surface area contributed by atoms with E-state index in [0.717, 1.165) is 18.4 Å². The maximum atomic E-state index is 12.1. The van der Waals surface area contributed by atoms with E-state index >= 15 is 0 Å². The van der Waals surface area contributed by atoms with Crippen molar-refractivity contribution in [2.45, 2.75) is 28.8 Å². The summed E-state index contributed by atoms with van der Waals surface area (Å²) < 4.78 is 36.4. The largest absolute Gasteiger partial charge is 0.446 e. The van der Waals surface area contributed by atoms with Crippen molar-refractivity contribution in [1.29, 1.82) is 0 Å². The lowest BCUT2D eigenvalue weighted by Crippen LogP contribution is -2.18. The average molecular weight is 233 g/mol. The Morgan fingerprint density at radius 3 is 2.47 bits per heavy atom. The molecule has 0 atom stereocenters.